The molecule has 0 spiro atoms. The molecule has 0 unspecified atom stereocenters. The fraction of sp³-hybridized carbons (Fsp3) is 0.385. The molecule has 1 rings (SSSR count). The van der Waals surface area contributed by atoms with E-state index in [1.807, 2.05) is 39.8 Å². The third-order valence-corrected chi connectivity index (χ3v) is 2.63. The summed E-state index contributed by atoms with van der Waals surface area (Å²) in [5.74, 6) is 1.52. The summed E-state index contributed by atoms with van der Waals surface area (Å²) >= 11 is 11.7. The minimum atomic E-state index is -0.117. The van der Waals surface area contributed by atoms with E-state index in [1.165, 1.54) is 5.54 Å². The zero-order valence-corrected chi connectivity index (χ0v) is 11.5. The van der Waals surface area contributed by atoms with Gasteiger partial charge in [-0.05, 0) is 30.7 Å². The average molecular weight is 259 g/mol. The number of hydrogen-bond donors (Lipinski definition) is 0. The van der Waals surface area contributed by atoms with Crippen molar-refractivity contribution in [1.82, 2.24) is 0 Å². The van der Waals surface area contributed by atoms with E-state index in [-0.39, 0.29) is 5.41 Å². The van der Waals surface area contributed by atoms with Crippen LogP contribution in [0.2, 0.25) is 5.02 Å². The van der Waals surface area contributed by atoms with Gasteiger partial charge in [0, 0.05) is 16.0 Å². The van der Waals surface area contributed by atoms with Gasteiger partial charge in [-0.3, -0.25) is 0 Å². The Hall–Kier alpha value is -0.660. The molecular weight excluding hydrogens is 243 g/mol. The van der Waals surface area contributed by atoms with Crippen LogP contribution in [-0.2, 0) is 0 Å². The van der Waals surface area contributed by atoms with Crippen molar-refractivity contribution in [3.63, 3.8) is 0 Å². The van der Waals surface area contributed by atoms with Crippen LogP contribution in [0.1, 0.15) is 26.3 Å². The van der Waals surface area contributed by atoms with Crippen molar-refractivity contribution in [1.29, 1.82) is 0 Å². The predicted octanol–water partition coefficient (Wildman–Crippen LogP) is 5.15. The first-order valence-electron chi connectivity index (χ1n) is 5.09. The molecule has 1 nitrogen and oxygen atoms in total. The van der Waals surface area contributed by atoms with Crippen molar-refractivity contribution in [3.05, 3.63) is 40.1 Å². The lowest BCUT2D eigenvalue weighted by Gasteiger charge is -2.23. The molecule has 16 heavy (non-hydrogen) atoms. The van der Waals surface area contributed by atoms with Gasteiger partial charge in [0.25, 0.3) is 0 Å². The maximum atomic E-state index is 5.88. The van der Waals surface area contributed by atoms with Gasteiger partial charge in [0.2, 0.25) is 0 Å². The van der Waals surface area contributed by atoms with Crippen LogP contribution in [-0.4, -0.2) is 0 Å². The molecule has 0 radical (unpaired) electrons. The zero-order chi connectivity index (χ0) is 12.3. The maximum Gasteiger partial charge on any atom is 0.130 e. The van der Waals surface area contributed by atoms with Gasteiger partial charge in [-0.1, -0.05) is 44.0 Å². The van der Waals surface area contributed by atoms with Crippen LogP contribution in [0.4, 0.5) is 0 Å². The van der Waals surface area contributed by atoms with Crippen LogP contribution in [0.3, 0.4) is 0 Å². The highest BCUT2D eigenvalue weighted by Gasteiger charge is 2.19. The molecular formula is C13H16Cl2O. The molecule has 0 fully saturated rings. The van der Waals surface area contributed by atoms with E-state index < -0.39 is 0 Å². The van der Waals surface area contributed by atoms with Gasteiger partial charge in [0.15, 0.2) is 0 Å². The van der Waals surface area contributed by atoms with E-state index in [1.54, 1.807) is 6.07 Å². The molecule has 0 N–H and O–H groups in total. The first-order valence-corrected chi connectivity index (χ1v) is 5.91. The quantitative estimate of drug-likeness (QED) is 0.667. The van der Waals surface area contributed by atoms with Crippen LogP contribution < -0.4 is 4.74 Å². The standard InChI is InChI=1S/C13H16Cl2O/c1-9-7-10(15)5-6-11(9)16-12(8-14)13(2,3)4/h5-8H,1-4H3/b12-8-. The number of benzene rings is 1. The lowest BCUT2D eigenvalue weighted by atomic mass is 9.95. The van der Waals surface area contributed by atoms with E-state index in [9.17, 15) is 0 Å². The van der Waals surface area contributed by atoms with Crippen LogP contribution in [0.5, 0.6) is 5.75 Å². The Morgan fingerprint density at radius 1 is 1.31 bits per heavy atom. The fourth-order valence-corrected chi connectivity index (χ4v) is 1.78. The molecule has 0 aliphatic heterocycles. The summed E-state index contributed by atoms with van der Waals surface area (Å²) in [6, 6.07) is 5.52. The Labute approximate surface area is 107 Å². The first kappa shape index (κ1) is 13.4. The molecule has 1 aromatic carbocycles. The SMILES string of the molecule is Cc1cc(Cl)ccc1O/C(=C\Cl)C(C)(C)C. The highest BCUT2D eigenvalue weighted by atomic mass is 35.5. The third-order valence-electron chi connectivity index (χ3n) is 2.20. The molecule has 88 valence electrons. The molecule has 1 aromatic rings. The highest BCUT2D eigenvalue weighted by molar-refractivity contribution is 6.30. The average Bonchev–Trinajstić information content (AvgIpc) is 2.14. The summed E-state index contributed by atoms with van der Waals surface area (Å²) in [4.78, 5) is 0. The molecule has 0 bridgehead atoms. The molecule has 0 aromatic heterocycles. The van der Waals surface area contributed by atoms with Gasteiger partial charge in [-0.25, -0.2) is 0 Å². The van der Waals surface area contributed by atoms with Crippen LogP contribution >= 0.6 is 23.2 Å². The van der Waals surface area contributed by atoms with Crippen molar-refractivity contribution in [2.45, 2.75) is 27.7 Å². The molecule has 0 saturated heterocycles. The minimum Gasteiger partial charge on any atom is -0.460 e. The van der Waals surface area contributed by atoms with Gasteiger partial charge in [0.05, 0.1) is 0 Å². The Morgan fingerprint density at radius 2 is 1.94 bits per heavy atom. The summed E-state index contributed by atoms with van der Waals surface area (Å²) in [7, 11) is 0. The Bertz CT molecular complexity index is 403. The fourth-order valence-electron chi connectivity index (χ4n) is 1.18. The van der Waals surface area contributed by atoms with Crippen molar-refractivity contribution in [2.24, 2.45) is 5.41 Å². The molecule has 0 aliphatic rings. The second-order valence-electron chi connectivity index (χ2n) is 4.74. The first-order chi connectivity index (χ1) is 7.34. The summed E-state index contributed by atoms with van der Waals surface area (Å²) in [5, 5.41) is 0.706. The largest absolute Gasteiger partial charge is 0.460 e. The lowest BCUT2D eigenvalue weighted by molar-refractivity contribution is 0.294. The minimum absolute atomic E-state index is 0.117. The van der Waals surface area contributed by atoms with Gasteiger partial charge >= 0.3 is 0 Å². The molecule has 0 atom stereocenters. The molecule has 0 heterocycles. The van der Waals surface area contributed by atoms with Crippen molar-refractivity contribution in [2.75, 3.05) is 0 Å². The van der Waals surface area contributed by atoms with Crippen molar-refractivity contribution >= 4 is 23.2 Å². The molecule has 0 saturated carbocycles. The summed E-state index contributed by atoms with van der Waals surface area (Å²) in [6.45, 7) is 8.10. The second-order valence-corrected chi connectivity index (χ2v) is 5.39. The summed E-state index contributed by atoms with van der Waals surface area (Å²) in [6.07, 6.45) is 0. The number of rotatable bonds is 2. The Balaban J connectivity index is 2.96. The number of aryl methyl sites for hydroxylation is 1. The highest BCUT2D eigenvalue weighted by Crippen LogP contribution is 2.31. The topological polar surface area (TPSA) is 9.23 Å². The van der Waals surface area contributed by atoms with E-state index in [2.05, 4.69) is 0 Å². The maximum absolute atomic E-state index is 5.88. The Kier molecular flexibility index (Phi) is 4.28. The second kappa shape index (κ2) is 5.11. The van der Waals surface area contributed by atoms with E-state index >= 15 is 0 Å². The molecule has 0 amide bonds. The normalized spacial score (nSPS) is 12.8. The number of allylic oxidation sites excluding steroid dienone is 1. The van der Waals surface area contributed by atoms with Crippen LogP contribution in [0, 0.1) is 12.3 Å². The number of halogens is 2. The summed E-state index contributed by atoms with van der Waals surface area (Å²) in [5.41, 5.74) is 2.36. The van der Waals surface area contributed by atoms with Gasteiger partial charge in [-0.2, -0.15) is 0 Å². The number of hydrogen-bond acceptors (Lipinski definition) is 1. The zero-order valence-electron chi connectivity index (χ0n) is 9.97. The van der Waals surface area contributed by atoms with Crippen molar-refractivity contribution < 1.29 is 4.74 Å². The van der Waals surface area contributed by atoms with E-state index in [0.717, 1.165) is 17.1 Å². The Morgan fingerprint density at radius 3 is 2.38 bits per heavy atom. The molecule has 3 heteroatoms. The van der Waals surface area contributed by atoms with Gasteiger partial charge in [0.1, 0.15) is 11.5 Å². The van der Waals surface area contributed by atoms with Gasteiger partial charge < -0.3 is 4.74 Å². The van der Waals surface area contributed by atoms with Crippen LogP contribution in [0.15, 0.2) is 29.5 Å². The predicted molar refractivity (Wildman–Crippen MR) is 70.2 cm³/mol. The third kappa shape index (κ3) is 3.43. The van der Waals surface area contributed by atoms with Gasteiger partial charge in [-0.15, -0.1) is 0 Å². The van der Waals surface area contributed by atoms with Crippen LogP contribution in [0.25, 0.3) is 0 Å². The molecule has 0 aliphatic carbocycles. The summed E-state index contributed by atoms with van der Waals surface area (Å²) < 4.78 is 5.78. The van der Waals surface area contributed by atoms with E-state index in [4.69, 9.17) is 27.9 Å². The lowest BCUT2D eigenvalue weighted by Crippen LogP contribution is -2.14. The van der Waals surface area contributed by atoms with Crippen molar-refractivity contribution in [3.8, 4) is 5.75 Å². The number of ether oxygens (including phenoxy) is 1. The smallest absolute Gasteiger partial charge is 0.130 e. The monoisotopic (exact) mass is 258 g/mol. The van der Waals surface area contributed by atoms with E-state index in [0.29, 0.717) is 5.02 Å².